The van der Waals surface area contributed by atoms with Crippen molar-refractivity contribution in [1.82, 2.24) is 15.0 Å². The Morgan fingerprint density at radius 2 is 2.28 bits per heavy atom. The van der Waals surface area contributed by atoms with Crippen LogP contribution in [0.15, 0.2) is 27.7 Å². The summed E-state index contributed by atoms with van der Waals surface area (Å²) < 4.78 is 5.15. The van der Waals surface area contributed by atoms with Gasteiger partial charge in [0.15, 0.2) is 5.82 Å². The second-order valence-corrected chi connectivity index (χ2v) is 6.75. The normalized spacial score (nSPS) is 26.8. The fourth-order valence-electron chi connectivity index (χ4n) is 3.87. The molecule has 8 nitrogen and oxygen atoms in total. The number of carbonyl (C=O) groups excluding carboxylic acids is 1. The number of carbonyl (C=O) groups is 1. The topological polar surface area (TPSA) is 101 Å². The lowest BCUT2D eigenvalue weighted by molar-refractivity contribution is 0.0407. The average Bonchev–Trinajstić information content (AvgIpc) is 3.18. The number of halogens is 1. The molecule has 3 aliphatic heterocycles. The van der Waals surface area contributed by atoms with Crippen LogP contribution in [-0.4, -0.2) is 45.9 Å². The number of hydrogen-bond donors (Lipinski definition) is 1. The molecule has 0 radical (unpaired) electrons. The summed E-state index contributed by atoms with van der Waals surface area (Å²) in [5.41, 5.74) is 6.86. The Morgan fingerprint density at radius 3 is 3.00 bits per heavy atom. The highest BCUT2D eigenvalue weighted by molar-refractivity contribution is 6.35. The van der Waals surface area contributed by atoms with E-state index in [1.54, 1.807) is 12.4 Å². The van der Waals surface area contributed by atoms with E-state index in [0.29, 0.717) is 28.8 Å². The van der Waals surface area contributed by atoms with E-state index >= 15 is 0 Å². The molecule has 2 unspecified atom stereocenters. The fraction of sp³-hybridized carbons (Fsp3) is 0.375. The molecule has 1 saturated heterocycles. The third kappa shape index (κ3) is 1.98. The van der Waals surface area contributed by atoms with E-state index in [2.05, 4.69) is 15.1 Å². The van der Waals surface area contributed by atoms with Gasteiger partial charge in [0.25, 0.3) is 5.91 Å². The predicted octanol–water partition coefficient (Wildman–Crippen LogP) is 1.37. The van der Waals surface area contributed by atoms with Gasteiger partial charge in [-0.25, -0.2) is 0 Å². The average molecular weight is 359 g/mol. The fourth-order valence-corrected chi connectivity index (χ4v) is 4.12. The zero-order valence-corrected chi connectivity index (χ0v) is 13.9. The Balaban J connectivity index is 1.63. The smallest absolute Gasteiger partial charge is 0.257 e. The Morgan fingerprint density at radius 1 is 1.40 bits per heavy atom. The Labute approximate surface area is 148 Å². The van der Waals surface area contributed by atoms with Crippen LogP contribution in [0.2, 0.25) is 5.02 Å². The summed E-state index contributed by atoms with van der Waals surface area (Å²) in [6, 6.07) is 5.12. The molecule has 1 amide bonds. The maximum atomic E-state index is 12.9. The summed E-state index contributed by atoms with van der Waals surface area (Å²) in [4.78, 5) is 25.8. The molecule has 5 rings (SSSR count). The van der Waals surface area contributed by atoms with Crippen molar-refractivity contribution < 1.29 is 9.32 Å². The van der Waals surface area contributed by atoms with E-state index in [4.69, 9.17) is 21.9 Å². The number of hydrogen-bond acceptors (Lipinski definition) is 7. The van der Waals surface area contributed by atoms with Gasteiger partial charge in [-0.1, -0.05) is 22.8 Å². The number of aliphatic imine (C=N–C) groups is 1. The molecule has 25 heavy (non-hydrogen) atoms. The maximum absolute atomic E-state index is 12.9. The maximum Gasteiger partial charge on any atom is 0.257 e. The van der Waals surface area contributed by atoms with Crippen LogP contribution in [0.5, 0.6) is 0 Å². The minimum Gasteiger partial charge on any atom is -0.338 e. The SMILES string of the molecule is NCc1nc([C@H]2N=CN3c4cccc(Cl)c4C(=O)N4CCC4C23)no1. The van der Waals surface area contributed by atoms with Gasteiger partial charge in [0, 0.05) is 6.54 Å². The van der Waals surface area contributed by atoms with Crippen LogP contribution in [0.1, 0.15) is 34.5 Å². The van der Waals surface area contributed by atoms with Gasteiger partial charge < -0.3 is 20.1 Å². The van der Waals surface area contributed by atoms with Crippen molar-refractivity contribution in [3.8, 4) is 0 Å². The van der Waals surface area contributed by atoms with Crippen LogP contribution < -0.4 is 10.6 Å². The second kappa shape index (κ2) is 5.27. The summed E-state index contributed by atoms with van der Waals surface area (Å²) in [7, 11) is 0. The van der Waals surface area contributed by atoms with E-state index in [-0.39, 0.29) is 30.6 Å². The molecular weight excluding hydrogens is 344 g/mol. The van der Waals surface area contributed by atoms with Crippen molar-refractivity contribution in [3.63, 3.8) is 0 Å². The third-order valence-corrected chi connectivity index (χ3v) is 5.44. The van der Waals surface area contributed by atoms with E-state index in [9.17, 15) is 4.79 Å². The van der Waals surface area contributed by atoms with Crippen LogP contribution in [0, 0.1) is 0 Å². The van der Waals surface area contributed by atoms with Crippen LogP contribution in [-0.2, 0) is 6.54 Å². The molecule has 3 aliphatic rings. The quantitative estimate of drug-likeness (QED) is 0.870. The van der Waals surface area contributed by atoms with Gasteiger partial charge in [-0.3, -0.25) is 9.79 Å². The summed E-state index contributed by atoms with van der Waals surface area (Å²) in [6.07, 6.45) is 2.65. The van der Waals surface area contributed by atoms with Gasteiger partial charge in [0.1, 0.15) is 6.04 Å². The largest absolute Gasteiger partial charge is 0.338 e. The first-order chi connectivity index (χ1) is 12.2. The molecule has 1 aromatic carbocycles. The molecule has 1 aromatic heterocycles. The van der Waals surface area contributed by atoms with Gasteiger partial charge >= 0.3 is 0 Å². The number of aromatic nitrogens is 2. The first-order valence-corrected chi connectivity index (χ1v) is 8.50. The third-order valence-electron chi connectivity index (χ3n) is 5.12. The number of anilines is 1. The Kier molecular flexibility index (Phi) is 3.13. The van der Waals surface area contributed by atoms with E-state index in [0.717, 1.165) is 12.1 Å². The molecule has 1 fully saturated rings. The molecule has 0 spiro atoms. The van der Waals surface area contributed by atoms with E-state index in [1.165, 1.54) is 0 Å². The summed E-state index contributed by atoms with van der Waals surface area (Å²) >= 11 is 6.34. The molecule has 9 heteroatoms. The van der Waals surface area contributed by atoms with E-state index < -0.39 is 0 Å². The van der Waals surface area contributed by atoms with Crippen LogP contribution in [0.3, 0.4) is 0 Å². The van der Waals surface area contributed by atoms with Crippen LogP contribution in [0.4, 0.5) is 5.69 Å². The van der Waals surface area contributed by atoms with Crippen LogP contribution in [0.25, 0.3) is 0 Å². The van der Waals surface area contributed by atoms with Crippen molar-refractivity contribution in [1.29, 1.82) is 0 Å². The molecule has 2 aromatic rings. The summed E-state index contributed by atoms with van der Waals surface area (Å²) in [5.74, 6) is 0.838. The number of fused-ring (bicyclic) bond motifs is 5. The first-order valence-electron chi connectivity index (χ1n) is 8.12. The van der Waals surface area contributed by atoms with Crippen molar-refractivity contribution >= 4 is 29.5 Å². The standard InChI is InChI=1S/C16H15ClN6O2/c17-8-2-1-3-9-12(8)16(24)22-5-4-10(22)14-13(19-7-23(9)14)15-20-11(6-18)25-21-15/h1-3,7,10,13-14H,4-6,18H2/t10?,13-,14?/m0/s1. The predicted molar refractivity (Wildman–Crippen MR) is 90.6 cm³/mol. The van der Waals surface area contributed by atoms with Crippen molar-refractivity contribution in [2.75, 3.05) is 11.4 Å². The van der Waals surface area contributed by atoms with Gasteiger partial charge in [-0.05, 0) is 18.6 Å². The highest BCUT2D eigenvalue weighted by Crippen LogP contribution is 2.44. The number of nitrogens with zero attached hydrogens (tertiary/aromatic N) is 5. The zero-order valence-electron chi connectivity index (χ0n) is 13.2. The van der Waals surface area contributed by atoms with Crippen molar-refractivity contribution in [2.24, 2.45) is 10.7 Å². The minimum atomic E-state index is -0.311. The van der Waals surface area contributed by atoms with Crippen LogP contribution >= 0.6 is 11.6 Å². The lowest BCUT2D eigenvalue weighted by Crippen LogP contribution is -2.59. The molecule has 2 N–H and O–H groups in total. The molecule has 4 heterocycles. The molecule has 128 valence electrons. The summed E-state index contributed by atoms with van der Waals surface area (Å²) in [5, 5.41) is 4.49. The van der Waals surface area contributed by atoms with Gasteiger partial charge in [0.2, 0.25) is 5.89 Å². The first kappa shape index (κ1) is 14.9. The lowest BCUT2D eigenvalue weighted by atomic mass is 9.90. The lowest BCUT2D eigenvalue weighted by Gasteiger charge is -2.45. The molecule has 0 saturated carbocycles. The number of benzene rings is 1. The Hall–Kier alpha value is -2.45. The zero-order chi connectivity index (χ0) is 17.1. The highest BCUT2D eigenvalue weighted by atomic mass is 35.5. The number of nitrogens with two attached hydrogens (primary N) is 1. The second-order valence-electron chi connectivity index (χ2n) is 6.35. The van der Waals surface area contributed by atoms with Gasteiger partial charge in [0.05, 0.1) is 41.2 Å². The molecule has 3 atom stereocenters. The highest BCUT2D eigenvalue weighted by Gasteiger charge is 2.51. The number of amides is 1. The van der Waals surface area contributed by atoms with Gasteiger partial charge in [-0.15, -0.1) is 0 Å². The van der Waals surface area contributed by atoms with E-state index in [1.807, 2.05) is 21.9 Å². The van der Waals surface area contributed by atoms with Crippen molar-refractivity contribution in [2.45, 2.75) is 31.1 Å². The number of rotatable bonds is 2. The summed E-state index contributed by atoms with van der Waals surface area (Å²) in [6.45, 7) is 0.899. The van der Waals surface area contributed by atoms with Crippen molar-refractivity contribution in [3.05, 3.63) is 40.5 Å². The molecule has 0 bridgehead atoms. The van der Waals surface area contributed by atoms with Gasteiger partial charge in [-0.2, -0.15) is 4.98 Å². The molecular formula is C16H15ClN6O2. The monoisotopic (exact) mass is 358 g/mol. The minimum absolute atomic E-state index is 0.0308. The Bertz CT molecular complexity index is 897. The molecule has 0 aliphatic carbocycles.